The summed E-state index contributed by atoms with van der Waals surface area (Å²) in [7, 11) is 1.65. The molecular weight excluding hydrogens is 1070 g/mol. The molecule has 0 aliphatic carbocycles. The fourth-order valence-electron chi connectivity index (χ4n) is 12.6. The van der Waals surface area contributed by atoms with Gasteiger partial charge in [-0.15, -0.1) is 0 Å². The first-order valence-electron chi connectivity index (χ1n) is 38.9. The predicted molar refractivity (Wildman–Crippen MR) is 374 cm³/mol. The highest BCUT2D eigenvalue weighted by atomic mass is 31.2. The SMILES string of the molecule is CCCCCCCCCCCCCCCCCCCCCCCCCCCCCCCCCCCCCCCCC(=O)NC(COP(=O)(O)OCC[N+](C)(C)C)C(O)CCCCCCCCCCCCCCCCCCCCCCCCCCC. The van der Waals surface area contributed by atoms with E-state index in [1.165, 1.54) is 366 Å². The number of rotatable bonds is 74. The summed E-state index contributed by atoms with van der Waals surface area (Å²) in [6.07, 6.45) is 86.8. The summed E-state index contributed by atoms with van der Waals surface area (Å²) in [6, 6.07) is -0.757. The van der Waals surface area contributed by atoms with E-state index in [9.17, 15) is 19.4 Å². The largest absolute Gasteiger partial charge is 0.472 e. The summed E-state index contributed by atoms with van der Waals surface area (Å²) >= 11 is 0. The zero-order valence-electron chi connectivity index (χ0n) is 58.7. The molecule has 9 heteroatoms. The Bertz CT molecular complexity index is 1350. The Kier molecular flexibility index (Phi) is 67.5. The van der Waals surface area contributed by atoms with Gasteiger partial charge in [0.05, 0.1) is 39.9 Å². The number of aliphatic hydroxyl groups excluding tert-OH is 1. The molecule has 0 bridgehead atoms. The molecule has 0 aromatic carbocycles. The fraction of sp³-hybridized carbons (Fsp3) is 0.987. The highest BCUT2D eigenvalue weighted by Gasteiger charge is 2.28. The summed E-state index contributed by atoms with van der Waals surface area (Å²) in [5, 5.41) is 14.2. The van der Waals surface area contributed by atoms with E-state index in [-0.39, 0.29) is 19.1 Å². The van der Waals surface area contributed by atoms with Crippen molar-refractivity contribution >= 4 is 13.7 Å². The van der Waals surface area contributed by atoms with Gasteiger partial charge in [-0.05, 0) is 12.8 Å². The number of carbonyl (C=O) groups is 1. The van der Waals surface area contributed by atoms with Gasteiger partial charge in [-0.1, -0.05) is 412 Å². The van der Waals surface area contributed by atoms with Gasteiger partial charge in [0.15, 0.2) is 0 Å². The zero-order valence-corrected chi connectivity index (χ0v) is 59.6. The van der Waals surface area contributed by atoms with E-state index in [1.54, 1.807) is 0 Å². The molecule has 3 atom stereocenters. The first-order valence-corrected chi connectivity index (χ1v) is 40.4. The molecular formula is C76H156N2O6P+. The van der Waals surface area contributed by atoms with E-state index in [1.807, 2.05) is 21.1 Å². The van der Waals surface area contributed by atoms with Crippen molar-refractivity contribution in [1.29, 1.82) is 0 Å². The monoisotopic (exact) mass is 1220 g/mol. The lowest BCUT2D eigenvalue weighted by Gasteiger charge is -2.26. The molecule has 0 rings (SSSR count). The van der Waals surface area contributed by atoms with Gasteiger partial charge in [0, 0.05) is 6.42 Å². The van der Waals surface area contributed by atoms with Gasteiger partial charge >= 0.3 is 7.82 Å². The number of aliphatic hydroxyl groups is 1. The lowest BCUT2D eigenvalue weighted by molar-refractivity contribution is -0.870. The van der Waals surface area contributed by atoms with Crippen molar-refractivity contribution < 1.29 is 32.9 Å². The minimum absolute atomic E-state index is 0.0796. The molecule has 510 valence electrons. The quantitative estimate of drug-likeness (QED) is 0.0318. The van der Waals surface area contributed by atoms with E-state index >= 15 is 0 Å². The van der Waals surface area contributed by atoms with Crippen molar-refractivity contribution in [3.8, 4) is 0 Å². The first kappa shape index (κ1) is 84.5. The predicted octanol–water partition coefficient (Wildman–Crippen LogP) is 25.1. The van der Waals surface area contributed by atoms with Crippen molar-refractivity contribution in [3.63, 3.8) is 0 Å². The zero-order chi connectivity index (χ0) is 61.9. The molecule has 3 unspecified atom stereocenters. The number of nitrogens with one attached hydrogen (secondary N) is 1. The third kappa shape index (κ3) is 70.8. The molecule has 8 nitrogen and oxygen atoms in total. The van der Waals surface area contributed by atoms with Crippen LogP contribution in [0.4, 0.5) is 0 Å². The number of hydrogen-bond acceptors (Lipinski definition) is 5. The third-order valence-electron chi connectivity index (χ3n) is 18.6. The van der Waals surface area contributed by atoms with Crippen molar-refractivity contribution in [2.45, 2.75) is 443 Å². The van der Waals surface area contributed by atoms with Crippen LogP contribution in [0.2, 0.25) is 0 Å². The number of phosphoric ester groups is 1. The summed E-state index contributed by atoms with van der Waals surface area (Å²) < 4.78 is 23.9. The van der Waals surface area contributed by atoms with Crippen LogP contribution in [-0.4, -0.2) is 73.4 Å². The second kappa shape index (κ2) is 67.9. The minimum atomic E-state index is -4.33. The number of phosphoric acid groups is 1. The standard InChI is InChI=1S/C76H155N2O6P/c1-6-8-10-12-14-16-18-20-22-24-26-28-30-32-33-34-35-36-37-38-39-40-41-42-43-44-46-48-50-52-54-56-58-60-62-64-66-68-70-76(80)77-74(73-84-85(81,82)83-72-71-78(3,4)5)75(79)69-67-65-63-61-59-57-55-53-51-49-47-45-31-29-27-25-23-21-19-17-15-13-11-9-7-2/h74-75,79H,6-73H2,1-5H3,(H-,77,80,81,82)/p+1. The second-order valence-electron chi connectivity index (χ2n) is 28.5. The van der Waals surface area contributed by atoms with Crippen molar-refractivity contribution in [1.82, 2.24) is 5.32 Å². The molecule has 3 N–H and O–H groups in total. The Morgan fingerprint density at radius 2 is 0.565 bits per heavy atom. The van der Waals surface area contributed by atoms with Crippen LogP contribution < -0.4 is 5.32 Å². The van der Waals surface area contributed by atoms with Gasteiger partial charge in [-0.25, -0.2) is 4.57 Å². The molecule has 0 radical (unpaired) electrons. The van der Waals surface area contributed by atoms with E-state index < -0.39 is 20.0 Å². The lowest BCUT2D eigenvalue weighted by Crippen LogP contribution is -2.46. The molecule has 0 saturated heterocycles. The number of nitrogens with zero attached hydrogens (tertiary/aromatic N) is 1. The molecule has 85 heavy (non-hydrogen) atoms. The maximum absolute atomic E-state index is 13.1. The lowest BCUT2D eigenvalue weighted by atomic mass is 10.0. The molecule has 0 spiro atoms. The van der Waals surface area contributed by atoms with Gasteiger partial charge < -0.3 is 19.8 Å². The van der Waals surface area contributed by atoms with Crippen LogP contribution in [-0.2, 0) is 18.4 Å². The van der Waals surface area contributed by atoms with Gasteiger partial charge in [-0.2, -0.15) is 0 Å². The summed E-state index contributed by atoms with van der Waals surface area (Å²) in [4.78, 5) is 23.5. The molecule has 0 aliphatic heterocycles. The molecule has 0 aromatic heterocycles. The summed E-state index contributed by atoms with van der Waals surface area (Å²) in [5.74, 6) is -0.132. The van der Waals surface area contributed by atoms with Gasteiger partial charge in [0.2, 0.25) is 5.91 Å². The van der Waals surface area contributed by atoms with Gasteiger partial charge in [0.25, 0.3) is 0 Å². The van der Waals surface area contributed by atoms with Crippen molar-refractivity contribution in [3.05, 3.63) is 0 Å². The maximum atomic E-state index is 13.1. The number of likely N-dealkylation sites (N-methyl/N-ethyl adjacent to an activating group) is 1. The smallest absolute Gasteiger partial charge is 0.391 e. The van der Waals surface area contributed by atoms with Gasteiger partial charge in [0.1, 0.15) is 13.2 Å². The molecule has 0 heterocycles. The Balaban J connectivity index is 3.87. The number of unbranched alkanes of at least 4 members (excludes halogenated alkanes) is 61. The van der Waals surface area contributed by atoms with Crippen LogP contribution in [0.15, 0.2) is 0 Å². The van der Waals surface area contributed by atoms with E-state index in [0.717, 1.165) is 38.5 Å². The van der Waals surface area contributed by atoms with E-state index in [0.29, 0.717) is 23.9 Å². The molecule has 1 amide bonds. The number of hydrogen-bond donors (Lipinski definition) is 3. The highest BCUT2D eigenvalue weighted by molar-refractivity contribution is 7.47. The normalized spacial score (nSPS) is 13.4. The van der Waals surface area contributed by atoms with Crippen LogP contribution in [0.3, 0.4) is 0 Å². The number of carbonyl (C=O) groups excluding carboxylic acids is 1. The van der Waals surface area contributed by atoms with Crippen LogP contribution in [0.25, 0.3) is 0 Å². The Morgan fingerprint density at radius 1 is 0.353 bits per heavy atom. The molecule has 0 fully saturated rings. The summed E-state index contributed by atoms with van der Waals surface area (Å²) in [6.45, 7) is 4.97. The number of quaternary nitrogens is 1. The van der Waals surface area contributed by atoms with Crippen LogP contribution >= 0.6 is 7.82 Å². The number of amides is 1. The van der Waals surface area contributed by atoms with Crippen LogP contribution in [0.5, 0.6) is 0 Å². The fourth-order valence-corrected chi connectivity index (χ4v) is 13.3. The average molecular weight is 1230 g/mol. The molecule has 0 aromatic rings. The third-order valence-corrected chi connectivity index (χ3v) is 19.6. The Morgan fingerprint density at radius 3 is 0.788 bits per heavy atom. The van der Waals surface area contributed by atoms with Crippen LogP contribution in [0.1, 0.15) is 431 Å². The Labute approximate surface area is 533 Å². The maximum Gasteiger partial charge on any atom is 0.472 e. The highest BCUT2D eigenvalue weighted by Crippen LogP contribution is 2.43. The topological polar surface area (TPSA) is 105 Å². The first-order chi connectivity index (χ1) is 41.5. The van der Waals surface area contributed by atoms with Crippen molar-refractivity contribution in [2.75, 3.05) is 40.9 Å². The van der Waals surface area contributed by atoms with Crippen LogP contribution in [0, 0.1) is 0 Å². The molecule has 0 saturated carbocycles. The second-order valence-corrected chi connectivity index (χ2v) is 29.9. The minimum Gasteiger partial charge on any atom is -0.391 e. The average Bonchev–Trinajstić information content (AvgIpc) is 3.53. The Hall–Kier alpha value is -0.500. The van der Waals surface area contributed by atoms with E-state index in [2.05, 4.69) is 19.2 Å². The van der Waals surface area contributed by atoms with E-state index in [4.69, 9.17) is 9.05 Å². The molecule has 0 aliphatic rings. The van der Waals surface area contributed by atoms with Gasteiger partial charge in [-0.3, -0.25) is 13.8 Å². The van der Waals surface area contributed by atoms with Crippen molar-refractivity contribution in [2.24, 2.45) is 0 Å². The summed E-state index contributed by atoms with van der Waals surface area (Å²) in [5.41, 5.74) is 0.